The van der Waals surface area contributed by atoms with Crippen molar-refractivity contribution < 1.29 is 18.3 Å². The van der Waals surface area contributed by atoms with Gasteiger partial charge in [0, 0.05) is 13.1 Å². The van der Waals surface area contributed by atoms with Crippen LogP contribution in [0, 0.1) is 0 Å². The molecule has 0 amide bonds. The van der Waals surface area contributed by atoms with Crippen molar-refractivity contribution in [3.8, 4) is 5.75 Å². The molecule has 4 N–H and O–H groups in total. The van der Waals surface area contributed by atoms with Crippen molar-refractivity contribution in [2.24, 2.45) is 4.99 Å². The summed E-state index contributed by atoms with van der Waals surface area (Å²) < 4.78 is 31.5. The molecule has 0 radical (unpaired) electrons. The standard InChI is InChI=1S/C22H32N4O4S/c1-5-24-22(25-14-17-6-12-20(13-7-17)31(28,29)23-4)26-15-21(27)18-8-10-19(11-9-18)30-16(2)3/h6-13,16,21,23,27H,5,14-15H2,1-4H3,(H2,24,25,26). The van der Waals surface area contributed by atoms with Gasteiger partial charge in [-0.05, 0) is 63.2 Å². The molecule has 0 bridgehead atoms. The molecule has 0 aromatic heterocycles. The molecule has 0 saturated heterocycles. The Balaban J connectivity index is 1.96. The summed E-state index contributed by atoms with van der Waals surface area (Å²) >= 11 is 0. The summed E-state index contributed by atoms with van der Waals surface area (Å²) in [6, 6.07) is 13.9. The Morgan fingerprint density at radius 2 is 1.71 bits per heavy atom. The zero-order chi connectivity index (χ0) is 22.9. The van der Waals surface area contributed by atoms with Crippen molar-refractivity contribution in [1.82, 2.24) is 15.4 Å². The Bertz CT molecular complexity index is 942. The van der Waals surface area contributed by atoms with Gasteiger partial charge in [0.2, 0.25) is 10.0 Å². The highest BCUT2D eigenvalue weighted by Gasteiger charge is 2.11. The van der Waals surface area contributed by atoms with Crippen LogP contribution in [0.1, 0.15) is 38.0 Å². The van der Waals surface area contributed by atoms with Gasteiger partial charge in [0.1, 0.15) is 5.75 Å². The molecule has 0 aliphatic carbocycles. The van der Waals surface area contributed by atoms with E-state index in [-0.39, 0.29) is 17.5 Å². The minimum Gasteiger partial charge on any atom is -0.491 e. The molecule has 9 heteroatoms. The number of hydrogen-bond donors (Lipinski definition) is 4. The molecule has 0 spiro atoms. The monoisotopic (exact) mass is 448 g/mol. The highest BCUT2D eigenvalue weighted by molar-refractivity contribution is 7.89. The molecule has 1 atom stereocenters. The van der Waals surface area contributed by atoms with E-state index in [2.05, 4.69) is 20.3 Å². The van der Waals surface area contributed by atoms with Gasteiger partial charge in [-0.3, -0.25) is 0 Å². The molecule has 0 aliphatic heterocycles. The number of aliphatic hydroxyl groups excluding tert-OH is 1. The smallest absolute Gasteiger partial charge is 0.240 e. The van der Waals surface area contributed by atoms with Crippen LogP contribution in [0.2, 0.25) is 0 Å². The molecular formula is C22H32N4O4S. The van der Waals surface area contributed by atoms with E-state index >= 15 is 0 Å². The van der Waals surface area contributed by atoms with Crippen LogP contribution < -0.4 is 20.1 Å². The first kappa shape index (κ1) is 24.6. The fourth-order valence-electron chi connectivity index (χ4n) is 2.76. The zero-order valence-electron chi connectivity index (χ0n) is 18.4. The maximum absolute atomic E-state index is 11.8. The maximum atomic E-state index is 11.8. The Morgan fingerprint density at radius 1 is 1.06 bits per heavy atom. The largest absolute Gasteiger partial charge is 0.491 e. The topological polar surface area (TPSA) is 112 Å². The highest BCUT2D eigenvalue weighted by Crippen LogP contribution is 2.18. The zero-order valence-corrected chi connectivity index (χ0v) is 19.2. The van der Waals surface area contributed by atoms with Crippen LogP contribution in [0.15, 0.2) is 58.4 Å². The fraction of sp³-hybridized carbons (Fsp3) is 0.409. The van der Waals surface area contributed by atoms with Gasteiger partial charge in [0.25, 0.3) is 0 Å². The predicted molar refractivity (Wildman–Crippen MR) is 123 cm³/mol. The quantitative estimate of drug-likeness (QED) is 0.327. The Morgan fingerprint density at radius 3 is 2.26 bits per heavy atom. The van der Waals surface area contributed by atoms with Crippen molar-refractivity contribution in [3.05, 3.63) is 59.7 Å². The third-order valence-corrected chi connectivity index (χ3v) is 5.80. The van der Waals surface area contributed by atoms with E-state index in [9.17, 15) is 13.5 Å². The number of ether oxygens (including phenoxy) is 1. The predicted octanol–water partition coefficient (Wildman–Crippen LogP) is 2.17. The first-order valence-electron chi connectivity index (χ1n) is 10.2. The minimum atomic E-state index is -3.45. The first-order chi connectivity index (χ1) is 14.7. The molecule has 2 rings (SSSR count). The average molecular weight is 449 g/mol. The second-order valence-corrected chi connectivity index (χ2v) is 9.07. The normalized spacial score (nSPS) is 13.2. The number of benzene rings is 2. The maximum Gasteiger partial charge on any atom is 0.240 e. The van der Waals surface area contributed by atoms with Gasteiger partial charge in [0.15, 0.2) is 5.96 Å². The number of rotatable bonds is 10. The minimum absolute atomic E-state index is 0.0974. The summed E-state index contributed by atoms with van der Waals surface area (Å²) in [5, 5.41) is 16.7. The second-order valence-electron chi connectivity index (χ2n) is 7.18. The molecule has 2 aromatic carbocycles. The third kappa shape index (κ3) is 7.86. The number of hydrogen-bond acceptors (Lipinski definition) is 5. The molecule has 0 fully saturated rings. The molecular weight excluding hydrogens is 416 g/mol. The van der Waals surface area contributed by atoms with Gasteiger partial charge in [-0.25, -0.2) is 18.1 Å². The summed E-state index contributed by atoms with van der Waals surface area (Å²) in [4.78, 5) is 4.72. The van der Waals surface area contributed by atoms with E-state index in [1.807, 2.05) is 45.0 Å². The van der Waals surface area contributed by atoms with Gasteiger partial charge in [-0.2, -0.15) is 0 Å². The molecule has 8 nitrogen and oxygen atoms in total. The summed E-state index contributed by atoms with van der Waals surface area (Å²) in [6.07, 6.45) is -0.608. The second kappa shape index (κ2) is 11.7. The van der Waals surface area contributed by atoms with Gasteiger partial charge < -0.3 is 20.5 Å². The van der Waals surface area contributed by atoms with E-state index in [4.69, 9.17) is 4.74 Å². The van der Waals surface area contributed by atoms with Gasteiger partial charge in [-0.15, -0.1) is 0 Å². The van der Waals surface area contributed by atoms with E-state index in [0.717, 1.165) is 16.9 Å². The van der Waals surface area contributed by atoms with E-state index in [1.54, 1.807) is 24.3 Å². The van der Waals surface area contributed by atoms with Crippen LogP contribution in [0.5, 0.6) is 5.75 Å². The van der Waals surface area contributed by atoms with Crippen LogP contribution in [-0.2, 0) is 16.6 Å². The Hall–Kier alpha value is -2.62. The van der Waals surface area contributed by atoms with Crippen molar-refractivity contribution >= 4 is 16.0 Å². The molecule has 1 unspecified atom stereocenters. The van der Waals surface area contributed by atoms with Gasteiger partial charge in [0.05, 0.1) is 23.6 Å². The van der Waals surface area contributed by atoms with Gasteiger partial charge in [-0.1, -0.05) is 24.3 Å². The van der Waals surface area contributed by atoms with Crippen LogP contribution in [0.4, 0.5) is 0 Å². The Labute approximate surface area is 184 Å². The summed E-state index contributed by atoms with van der Waals surface area (Å²) in [6.45, 7) is 7.21. The first-order valence-corrected chi connectivity index (χ1v) is 11.7. The fourth-order valence-corrected chi connectivity index (χ4v) is 3.49. The lowest BCUT2D eigenvalue weighted by atomic mass is 10.1. The van der Waals surface area contributed by atoms with Crippen LogP contribution >= 0.6 is 0 Å². The highest BCUT2D eigenvalue weighted by atomic mass is 32.2. The summed E-state index contributed by atoms with van der Waals surface area (Å²) in [5.74, 6) is 1.33. The van der Waals surface area contributed by atoms with Crippen LogP contribution in [0.25, 0.3) is 0 Å². The number of aliphatic imine (C=N–C) groups is 1. The lowest BCUT2D eigenvalue weighted by molar-refractivity contribution is 0.180. The van der Waals surface area contributed by atoms with Crippen LogP contribution in [-0.4, -0.2) is 45.7 Å². The number of nitrogens with zero attached hydrogens (tertiary/aromatic N) is 1. The lowest BCUT2D eigenvalue weighted by Crippen LogP contribution is -2.39. The SMILES string of the molecule is CCNC(=NCc1ccc(S(=O)(=O)NC)cc1)NCC(O)c1ccc(OC(C)C)cc1. The number of sulfonamides is 1. The van der Waals surface area contributed by atoms with E-state index in [1.165, 1.54) is 7.05 Å². The molecule has 0 saturated carbocycles. The summed E-state index contributed by atoms with van der Waals surface area (Å²) in [7, 11) is -2.08. The molecule has 31 heavy (non-hydrogen) atoms. The number of aliphatic hydroxyl groups is 1. The Kier molecular flexibility index (Phi) is 9.29. The van der Waals surface area contributed by atoms with Crippen LogP contribution in [0.3, 0.4) is 0 Å². The molecule has 2 aromatic rings. The third-order valence-electron chi connectivity index (χ3n) is 4.37. The van der Waals surface area contributed by atoms with E-state index < -0.39 is 16.1 Å². The molecule has 0 heterocycles. The van der Waals surface area contributed by atoms with Gasteiger partial charge >= 0.3 is 0 Å². The van der Waals surface area contributed by atoms with Crippen molar-refractivity contribution in [2.75, 3.05) is 20.1 Å². The van der Waals surface area contributed by atoms with Crippen molar-refractivity contribution in [3.63, 3.8) is 0 Å². The average Bonchev–Trinajstić information content (AvgIpc) is 2.76. The molecule has 0 aliphatic rings. The van der Waals surface area contributed by atoms with Crippen molar-refractivity contribution in [2.45, 2.75) is 44.4 Å². The van der Waals surface area contributed by atoms with Crippen molar-refractivity contribution in [1.29, 1.82) is 0 Å². The lowest BCUT2D eigenvalue weighted by Gasteiger charge is -2.16. The van der Waals surface area contributed by atoms with E-state index in [0.29, 0.717) is 19.0 Å². The number of guanidine groups is 1. The summed E-state index contributed by atoms with van der Waals surface area (Å²) in [5.41, 5.74) is 1.65. The number of nitrogens with one attached hydrogen (secondary N) is 3. The molecule has 170 valence electrons.